The van der Waals surface area contributed by atoms with Crippen molar-refractivity contribution in [1.82, 2.24) is 0 Å². The lowest BCUT2D eigenvalue weighted by Gasteiger charge is -2.14. The number of benzene rings is 3. The van der Waals surface area contributed by atoms with Gasteiger partial charge in [-0.05, 0) is 72.7 Å². The number of ether oxygens (including phenoxy) is 2. The maximum Gasteiger partial charge on any atom is 0.338 e. The predicted molar refractivity (Wildman–Crippen MR) is 154 cm³/mol. The van der Waals surface area contributed by atoms with E-state index in [1.54, 1.807) is 0 Å². The Balaban J connectivity index is 1.47. The van der Waals surface area contributed by atoms with Gasteiger partial charge in [0.05, 0.1) is 12.2 Å². The summed E-state index contributed by atoms with van der Waals surface area (Å²) in [6.45, 7) is 7.13. The van der Waals surface area contributed by atoms with Gasteiger partial charge in [0.15, 0.2) is 0 Å². The predicted octanol–water partition coefficient (Wildman–Crippen LogP) is 9.74. The molecule has 0 aliphatic heterocycles. The van der Waals surface area contributed by atoms with Gasteiger partial charge < -0.3 is 9.47 Å². The van der Waals surface area contributed by atoms with Crippen molar-refractivity contribution in [1.29, 1.82) is 0 Å². The summed E-state index contributed by atoms with van der Waals surface area (Å²) in [5.41, 5.74) is 5.09. The number of hydrogen-bond acceptors (Lipinski definition) is 3. The SMILES string of the molecule is CCCCCCCCc1ccc(C(C)OC(=O)c2ccc(-c3ccc(OCCCCC)cc3)cc2)cc1. The molecular weight excluding hydrogens is 456 g/mol. The average molecular weight is 501 g/mol. The van der Waals surface area contributed by atoms with Gasteiger partial charge in [0, 0.05) is 0 Å². The van der Waals surface area contributed by atoms with Crippen molar-refractivity contribution in [3.63, 3.8) is 0 Å². The van der Waals surface area contributed by atoms with Crippen molar-refractivity contribution in [2.75, 3.05) is 6.61 Å². The maximum absolute atomic E-state index is 12.7. The van der Waals surface area contributed by atoms with Gasteiger partial charge in [-0.2, -0.15) is 0 Å². The molecule has 1 unspecified atom stereocenters. The Kier molecular flexibility index (Phi) is 12.3. The molecule has 0 saturated heterocycles. The smallest absolute Gasteiger partial charge is 0.338 e. The molecular formula is C34H44O3. The molecule has 0 fully saturated rings. The van der Waals surface area contributed by atoms with Crippen molar-refractivity contribution in [2.45, 2.75) is 91.1 Å². The zero-order valence-corrected chi connectivity index (χ0v) is 23.0. The average Bonchev–Trinajstić information content (AvgIpc) is 2.94. The monoisotopic (exact) mass is 500 g/mol. The molecule has 3 rings (SSSR count). The second kappa shape index (κ2) is 15.9. The molecule has 0 N–H and O–H groups in total. The highest BCUT2D eigenvalue weighted by Crippen LogP contribution is 2.25. The molecule has 3 aromatic carbocycles. The van der Waals surface area contributed by atoms with Crippen LogP contribution < -0.4 is 4.74 Å². The van der Waals surface area contributed by atoms with E-state index in [0.717, 1.165) is 41.9 Å². The highest BCUT2D eigenvalue weighted by molar-refractivity contribution is 5.90. The first-order chi connectivity index (χ1) is 18.1. The molecule has 3 aromatic rings. The number of esters is 1. The molecule has 0 amide bonds. The van der Waals surface area contributed by atoms with Crippen LogP contribution in [0.15, 0.2) is 72.8 Å². The zero-order chi connectivity index (χ0) is 26.3. The number of rotatable bonds is 16. The lowest BCUT2D eigenvalue weighted by atomic mass is 10.0. The van der Waals surface area contributed by atoms with E-state index >= 15 is 0 Å². The second-order valence-corrected chi connectivity index (χ2v) is 9.96. The third-order valence-electron chi connectivity index (χ3n) is 6.88. The van der Waals surface area contributed by atoms with Crippen molar-refractivity contribution < 1.29 is 14.3 Å². The summed E-state index contributed by atoms with van der Waals surface area (Å²) < 4.78 is 11.6. The fraction of sp³-hybridized carbons (Fsp3) is 0.441. The summed E-state index contributed by atoms with van der Waals surface area (Å²) in [5.74, 6) is 0.593. The molecule has 0 aliphatic carbocycles. The summed E-state index contributed by atoms with van der Waals surface area (Å²) in [5, 5.41) is 0. The van der Waals surface area contributed by atoms with Crippen LogP contribution in [0.2, 0.25) is 0 Å². The van der Waals surface area contributed by atoms with E-state index in [0.29, 0.717) is 5.56 Å². The van der Waals surface area contributed by atoms with Crippen LogP contribution in [0, 0.1) is 0 Å². The molecule has 3 nitrogen and oxygen atoms in total. The Morgan fingerprint density at radius 1 is 0.676 bits per heavy atom. The lowest BCUT2D eigenvalue weighted by Crippen LogP contribution is -2.09. The van der Waals surface area contributed by atoms with E-state index in [1.165, 1.54) is 56.9 Å². The quantitative estimate of drug-likeness (QED) is 0.145. The summed E-state index contributed by atoms with van der Waals surface area (Å²) >= 11 is 0. The van der Waals surface area contributed by atoms with Crippen LogP contribution in [0.5, 0.6) is 5.75 Å². The first-order valence-electron chi connectivity index (χ1n) is 14.2. The van der Waals surface area contributed by atoms with E-state index in [4.69, 9.17) is 9.47 Å². The molecule has 0 radical (unpaired) electrons. The molecule has 37 heavy (non-hydrogen) atoms. The van der Waals surface area contributed by atoms with Gasteiger partial charge in [0.1, 0.15) is 11.9 Å². The lowest BCUT2D eigenvalue weighted by molar-refractivity contribution is 0.0338. The number of hydrogen-bond donors (Lipinski definition) is 0. The summed E-state index contributed by atoms with van der Waals surface area (Å²) in [6, 6.07) is 24.2. The molecule has 0 bridgehead atoms. The molecule has 3 heteroatoms. The zero-order valence-electron chi connectivity index (χ0n) is 23.0. The van der Waals surface area contributed by atoms with Crippen LogP contribution in [0.1, 0.15) is 106 Å². The third-order valence-corrected chi connectivity index (χ3v) is 6.88. The Morgan fingerprint density at radius 2 is 1.24 bits per heavy atom. The van der Waals surface area contributed by atoms with Gasteiger partial charge in [0.25, 0.3) is 0 Å². The fourth-order valence-electron chi connectivity index (χ4n) is 4.45. The van der Waals surface area contributed by atoms with E-state index < -0.39 is 0 Å². The largest absolute Gasteiger partial charge is 0.494 e. The number of carbonyl (C=O) groups is 1. The number of carbonyl (C=O) groups excluding carboxylic acids is 1. The first kappa shape index (κ1) is 28.5. The van der Waals surface area contributed by atoms with E-state index in [9.17, 15) is 4.79 Å². The van der Waals surface area contributed by atoms with Crippen LogP contribution in [0.4, 0.5) is 0 Å². The van der Waals surface area contributed by atoms with E-state index in [-0.39, 0.29) is 12.1 Å². The van der Waals surface area contributed by atoms with Gasteiger partial charge in [-0.1, -0.05) is 107 Å². The highest BCUT2D eigenvalue weighted by atomic mass is 16.5. The van der Waals surface area contributed by atoms with Gasteiger partial charge in [0.2, 0.25) is 0 Å². The van der Waals surface area contributed by atoms with Gasteiger partial charge in [-0.3, -0.25) is 0 Å². The Bertz CT molecular complexity index is 1040. The van der Waals surface area contributed by atoms with Gasteiger partial charge in [-0.25, -0.2) is 4.79 Å². The minimum absolute atomic E-state index is 0.292. The molecule has 1 atom stereocenters. The topological polar surface area (TPSA) is 35.5 Å². The molecule has 0 spiro atoms. The minimum Gasteiger partial charge on any atom is -0.494 e. The van der Waals surface area contributed by atoms with Gasteiger partial charge >= 0.3 is 5.97 Å². The summed E-state index contributed by atoms with van der Waals surface area (Å²) in [7, 11) is 0. The fourth-order valence-corrected chi connectivity index (χ4v) is 4.45. The van der Waals surface area contributed by atoms with Crippen molar-refractivity contribution in [3.05, 3.63) is 89.5 Å². The molecule has 0 aromatic heterocycles. The Labute approximate surface area is 224 Å². The normalized spacial score (nSPS) is 11.8. The standard InChI is InChI=1S/C34H44O3/c1-4-6-8-9-10-11-13-28-14-16-29(17-15-28)27(3)37-34(35)32-20-18-30(19-21-32)31-22-24-33(25-23-31)36-26-12-7-5-2/h14-25,27H,4-13,26H2,1-3H3. The minimum atomic E-state index is -0.300. The third kappa shape index (κ3) is 9.72. The van der Waals surface area contributed by atoms with Crippen molar-refractivity contribution in [2.24, 2.45) is 0 Å². The van der Waals surface area contributed by atoms with Crippen LogP contribution in [0.3, 0.4) is 0 Å². The summed E-state index contributed by atoms with van der Waals surface area (Å²) in [4.78, 5) is 12.7. The highest BCUT2D eigenvalue weighted by Gasteiger charge is 2.14. The van der Waals surface area contributed by atoms with Crippen molar-refractivity contribution >= 4 is 5.97 Å². The first-order valence-corrected chi connectivity index (χ1v) is 14.2. The van der Waals surface area contributed by atoms with E-state index in [1.807, 2.05) is 43.3 Å². The van der Waals surface area contributed by atoms with Crippen LogP contribution >= 0.6 is 0 Å². The number of aryl methyl sites for hydroxylation is 1. The van der Waals surface area contributed by atoms with Gasteiger partial charge in [-0.15, -0.1) is 0 Å². The Hall–Kier alpha value is -3.07. The van der Waals surface area contributed by atoms with Crippen LogP contribution in [-0.2, 0) is 11.2 Å². The second-order valence-electron chi connectivity index (χ2n) is 9.96. The van der Waals surface area contributed by atoms with Crippen LogP contribution in [-0.4, -0.2) is 12.6 Å². The molecule has 0 saturated carbocycles. The number of unbranched alkanes of at least 4 members (excludes halogenated alkanes) is 7. The molecule has 0 heterocycles. The molecule has 198 valence electrons. The van der Waals surface area contributed by atoms with Crippen LogP contribution in [0.25, 0.3) is 11.1 Å². The van der Waals surface area contributed by atoms with E-state index in [2.05, 4.69) is 50.2 Å². The molecule has 0 aliphatic rings. The summed E-state index contributed by atoms with van der Waals surface area (Å²) in [6.07, 6.45) is 12.1. The maximum atomic E-state index is 12.7. The Morgan fingerprint density at radius 3 is 1.89 bits per heavy atom. The van der Waals surface area contributed by atoms with Crippen molar-refractivity contribution in [3.8, 4) is 16.9 Å².